The van der Waals surface area contributed by atoms with E-state index in [1.54, 1.807) is 39.5 Å². The number of nitrogens with zero attached hydrogens (tertiary/aromatic N) is 2. The van der Waals surface area contributed by atoms with Crippen LogP contribution in [0, 0.1) is 0 Å². The maximum Gasteiger partial charge on any atom is 0.250 e. The first-order valence-electron chi connectivity index (χ1n) is 9.80. The largest absolute Gasteiger partial charge is 0.497 e. The van der Waals surface area contributed by atoms with E-state index in [2.05, 4.69) is 15.5 Å². The summed E-state index contributed by atoms with van der Waals surface area (Å²) in [7, 11) is 6.26. The molecule has 0 saturated carbocycles. The van der Waals surface area contributed by atoms with E-state index >= 15 is 0 Å². The van der Waals surface area contributed by atoms with E-state index in [0.717, 1.165) is 29.2 Å². The summed E-state index contributed by atoms with van der Waals surface area (Å²) in [4.78, 5) is 12.3. The van der Waals surface area contributed by atoms with Crippen LogP contribution in [0.5, 0.6) is 23.0 Å². The van der Waals surface area contributed by atoms with Gasteiger partial charge in [-0.3, -0.25) is 10.1 Å². The summed E-state index contributed by atoms with van der Waals surface area (Å²) >= 11 is 1.36. The minimum Gasteiger partial charge on any atom is -0.497 e. The number of carbonyl (C=O) groups is 1. The first-order valence-corrected chi connectivity index (χ1v) is 10.6. The normalized spacial score (nSPS) is 10.8. The van der Waals surface area contributed by atoms with Crippen LogP contribution >= 0.6 is 11.3 Å². The van der Waals surface area contributed by atoms with Crippen LogP contribution in [-0.2, 0) is 17.6 Å². The van der Waals surface area contributed by atoms with E-state index < -0.39 is 0 Å². The second-order valence-corrected chi connectivity index (χ2v) is 7.69. The monoisotopic (exact) mass is 455 g/mol. The molecule has 3 rings (SSSR count). The minimum atomic E-state index is -0.309. The lowest BCUT2D eigenvalue weighted by Gasteiger charge is -2.12. The number of carbonyl (C=O) groups excluding carboxylic acids is 1. The Labute approximate surface area is 190 Å². The van der Waals surface area contributed by atoms with Crippen molar-refractivity contribution in [2.45, 2.75) is 12.8 Å². The van der Waals surface area contributed by atoms with E-state index in [9.17, 15) is 4.79 Å². The Kier molecular flexibility index (Phi) is 8.04. The third kappa shape index (κ3) is 5.98. The van der Waals surface area contributed by atoms with E-state index in [4.69, 9.17) is 18.9 Å². The predicted octanol–water partition coefficient (Wildman–Crippen LogP) is 4.01. The van der Waals surface area contributed by atoms with Crippen molar-refractivity contribution in [3.8, 4) is 23.0 Å². The van der Waals surface area contributed by atoms with Gasteiger partial charge in [0, 0.05) is 12.5 Å². The van der Waals surface area contributed by atoms with Gasteiger partial charge in [0.25, 0.3) is 0 Å². The van der Waals surface area contributed by atoms with Crippen LogP contribution in [0.1, 0.15) is 16.1 Å². The molecule has 0 atom stereocenters. The van der Waals surface area contributed by atoms with Crippen molar-refractivity contribution in [2.24, 2.45) is 0 Å². The standard InChI is InChI=1S/C23H25N3O5S/c1-28-17-9-5-15(6-10-17)8-12-21-25-26-23(32-21)24-20(27)11-7-16-13-18(29-2)22(31-4)19(14-16)30-3/h5-7,9-11,13-14H,8,12H2,1-4H3,(H,24,26,27)/b11-7+. The molecule has 0 aliphatic heterocycles. The molecule has 0 unspecified atom stereocenters. The zero-order valence-corrected chi connectivity index (χ0v) is 19.2. The maximum absolute atomic E-state index is 12.3. The van der Waals surface area contributed by atoms with E-state index in [1.165, 1.54) is 30.1 Å². The number of anilines is 1. The molecule has 0 aliphatic rings. The van der Waals surface area contributed by atoms with Crippen molar-refractivity contribution in [2.75, 3.05) is 33.8 Å². The molecule has 9 heteroatoms. The molecule has 3 aromatic rings. The number of ether oxygens (including phenoxy) is 4. The molecule has 0 saturated heterocycles. The molecule has 1 amide bonds. The Morgan fingerprint density at radius 1 is 0.938 bits per heavy atom. The van der Waals surface area contributed by atoms with Crippen molar-refractivity contribution < 1.29 is 23.7 Å². The van der Waals surface area contributed by atoms with Gasteiger partial charge in [-0.15, -0.1) is 10.2 Å². The second-order valence-electron chi connectivity index (χ2n) is 6.63. The molecule has 0 radical (unpaired) electrons. The van der Waals surface area contributed by atoms with Crippen molar-refractivity contribution in [1.82, 2.24) is 10.2 Å². The van der Waals surface area contributed by atoms with Crippen molar-refractivity contribution >= 4 is 28.5 Å². The molecule has 2 aromatic carbocycles. The Hall–Kier alpha value is -3.59. The van der Waals surface area contributed by atoms with Gasteiger partial charge in [0.2, 0.25) is 16.8 Å². The zero-order valence-electron chi connectivity index (χ0n) is 18.4. The molecule has 8 nitrogen and oxygen atoms in total. The minimum absolute atomic E-state index is 0.309. The van der Waals surface area contributed by atoms with Gasteiger partial charge in [0.05, 0.1) is 28.4 Å². The lowest BCUT2D eigenvalue weighted by molar-refractivity contribution is -0.111. The summed E-state index contributed by atoms with van der Waals surface area (Å²) in [6.07, 6.45) is 4.64. The fraction of sp³-hybridized carbons (Fsp3) is 0.261. The number of methoxy groups -OCH3 is 4. The summed E-state index contributed by atoms with van der Waals surface area (Å²) in [5.74, 6) is 2.04. The number of hydrogen-bond acceptors (Lipinski definition) is 8. The highest BCUT2D eigenvalue weighted by molar-refractivity contribution is 7.15. The summed E-state index contributed by atoms with van der Waals surface area (Å²) < 4.78 is 21.1. The van der Waals surface area contributed by atoms with Crippen LogP contribution in [0.4, 0.5) is 5.13 Å². The summed E-state index contributed by atoms with van der Waals surface area (Å²) in [6.45, 7) is 0. The number of aryl methyl sites for hydroxylation is 2. The molecule has 1 N–H and O–H groups in total. The highest BCUT2D eigenvalue weighted by atomic mass is 32.1. The molecular weight excluding hydrogens is 430 g/mol. The number of nitrogens with one attached hydrogen (secondary N) is 1. The Balaban J connectivity index is 1.58. The van der Waals surface area contributed by atoms with Crippen LogP contribution in [0.25, 0.3) is 6.08 Å². The van der Waals surface area contributed by atoms with E-state index in [0.29, 0.717) is 22.4 Å². The smallest absolute Gasteiger partial charge is 0.250 e. The van der Waals surface area contributed by atoms with Crippen molar-refractivity contribution in [1.29, 1.82) is 0 Å². The third-order valence-corrected chi connectivity index (χ3v) is 5.50. The van der Waals surface area contributed by atoms with Gasteiger partial charge in [0.1, 0.15) is 10.8 Å². The highest BCUT2D eigenvalue weighted by Crippen LogP contribution is 2.38. The van der Waals surface area contributed by atoms with Gasteiger partial charge < -0.3 is 18.9 Å². The molecule has 168 valence electrons. The second kappa shape index (κ2) is 11.1. The zero-order chi connectivity index (χ0) is 22.9. The number of benzene rings is 2. The van der Waals surface area contributed by atoms with Gasteiger partial charge in [-0.2, -0.15) is 0 Å². The molecule has 0 aliphatic carbocycles. The van der Waals surface area contributed by atoms with Crippen LogP contribution in [0.2, 0.25) is 0 Å². The molecule has 32 heavy (non-hydrogen) atoms. The van der Waals surface area contributed by atoms with Crippen LogP contribution in [0.15, 0.2) is 42.5 Å². The average Bonchev–Trinajstić information content (AvgIpc) is 3.27. The van der Waals surface area contributed by atoms with E-state index in [1.807, 2.05) is 24.3 Å². The molecule has 1 heterocycles. The van der Waals surface area contributed by atoms with Crippen LogP contribution in [0.3, 0.4) is 0 Å². The fourth-order valence-corrected chi connectivity index (χ4v) is 3.71. The van der Waals surface area contributed by atoms with Crippen molar-refractivity contribution in [3.05, 3.63) is 58.6 Å². The van der Waals surface area contributed by atoms with Crippen LogP contribution in [-0.4, -0.2) is 44.5 Å². The van der Waals surface area contributed by atoms with E-state index in [-0.39, 0.29) is 5.91 Å². The lowest BCUT2D eigenvalue weighted by Crippen LogP contribution is -2.07. The van der Waals surface area contributed by atoms with Gasteiger partial charge in [-0.1, -0.05) is 23.5 Å². The lowest BCUT2D eigenvalue weighted by atomic mass is 10.1. The van der Waals surface area contributed by atoms with Gasteiger partial charge in [-0.05, 0) is 47.9 Å². The predicted molar refractivity (Wildman–Crippen MR) is 124 cm³/mol. The number of rotatable bonds is 10. The Morgan fingerprint density at radius 2 is 1.62 bits per heavy atom. The number of hydrogen-bond donors (Lipinski definition) is 1. The summed E-state index contributed by atoms with van der Waals surface area (Å²) in [6, 6.07) is 11.4. The number of amides is 1. The Bertz CT molecular complexity index is 1050. The number of aromatic nitrogens is 2. The topological polar surface area (TPSA) is 91.8 Å². The summed E-state index contributed by atoms with van der Waals surface area (Å²) in [5.41, 5.74) is 1.91. The molecule has 0 fully saturated rings. The molecular formula is C23H25N3O5S. The highest BCUT2D eigenvalue weighted by Gasteiger charge is 2.12. The molecule has 0 bridgehead atoms. The van der Waals surface area contributed by atoms with Gasteiger partial charge in [0.15, 0.2) is 11.5 Å². The SMILES string of the molecule is COc1ccc(CCc2nnc(NC(=O)/C=C/c3cc(OC)c(OC)c(OC)c3)s2)cc1. The van der Waals surface area contributed by atoms with Crippen LogP contribution < -0.4 is 24.3 Å². The van der Waals surface area contributed by atoms with Gasteiger partial charge >= 0.3 is 0 Å². The first-order chi connectivity index (χ1) is 15.6. The van der Waals surface area contributed by atoms with Crippen molar-refractivity contribution in [3.63, 3.8) is 0 Å². The summed E-state index contributed by atoms with van der Waals surface area (Å²) in [5, 5.41) is 12.3. The Morgan fingerprint density at radius 3 is 2.22 bits per heavy atom. The molecule has 0 spiro atoms. The first kappa shape index (κ1) is 23.1. The third-order valence-electron chi connectivity index (χ3n) is 4.60. The quantitative estimate of drug-likeness (QED) is 0.462. The average molecular weight is 456 g/mol. The maximum atomic E-state index is 12.3. The van der Waals surface area contributed by atoms with Gasteiger partial charge in [-0.25, -0.2) is 0 Å². The fourth-order valence-electron chi connectivity index (χ4n) is 2.97. The molecule has 1 aromatic heterocycles.